The number of rotatable bonds is 4. The second-order valence-corrected chi connectivity index (χ2v) is 4.01. The van der Waals surface area contributed by atoms with Crippen LogP contribution in [0.5, 0.6) is 5.75 Å². The minimum absolute atomic E-state index is 0.836. The predicted octanol–water partition coefficient (Wildman–Crippen LogP) is 3.45. The molecule has 3 heteroatoms. The first-order chi connectivity index (χ1) is 8.78. The number of hydrogen-bond donors (Lipinski definition) is 1. The molecular weight excluding hydrogens is 224 g/mol. The van der Waals surface area contributed by atoms with Crippen LogP contribution in [-0.4, -0.2) is 13.3 Å². The predicted molar refractivity (Wildman–Crippen MR) is 75.4 cm³/mol. The normalized spacial score (nSPS) is 10.6. The summed E-state index contributed by atoms with van der Waals surface area (Å²) in [5.41, 5.74) is 6.22. The molecule has 0 heterocycles. The van der Waals surface area contributed by atoms with Gasteiger partial charge in [-0.05, 0) is 36.8 Å². The van der Waals surface area contributed by atoms with E-state index in [0.29, 0.717) is 0 Å². The van der Waals surface area contributed by atoms with Crippen LogP contribution >= 0.6 is 0 Å². The molecule has 0 aliphatic carbocycles. The van der Waals surface area contributed by atoms with Crippen LogP contribution in [0.1, 0.15) is 11.1 Å². The van der Waals surface area contributed by atoms with Gasteiger partial charge in [-0.2, -0.15) is 5.10 Å². The topological polar surface area (TPSA) is 33.6 Å². The van der Waals surface area contributed by atoms with Crippen molar-refractivity contribution in [3.8, 4) is 5.75 Å². The molecular formula is C15H16N2O. The number of methoxy groups -OCH3 is 1. The Kier molecular flexibility index (Phi) is 3.97. The van der Waals surface area contributed by atoms with E-state index in [0.717, 1.165) is 17.0 Å². The highest BCUT2D eigenvalue weighted by Gasteiger charge is 1.91. The molecule has 0 amide bonds. The number of nitrogens with one attached hydrogen (secondary N) is 1. The molecule has 0 fully saturated rings. The maximum Gasteiger partial charge on any atom is 0.119 e. The van der Waals surface area contributed by atoms with E-state index in [2.05, 4.69) is 29.6 Å². The van der Waals surface area contributed by atoms with Gasteiger partial charge in [0, 0.05) is 0 Å². The van der Waals surface area contributed by atoms with Crippen LogP contribution in [0.15, 0.2) is 53.6 Å². The maximum absolute atomic E-state index is 5.09. The van der Waals surface area contributed by atoms with E-state index in [1.165, 1.54) is 5.56 Å². The van der Waals surface area contributed by atoms with Crippen molar-refractivity contribution in [2.75, 3.05) is 12.5 Å². The van der Waals surface area contributed by atoms with Gasteiger partial charge in [-0.15, -0.1) is 0 Å². The average Bonchev–Trinajstić information content (AvgIpc) is 2.42. The highest BCUT2D eigenvalue weighted by Crippen LogP contribution is 2.14. The molecule has 92 valence electrons. The van der Waals surface area contributed by atoms with Crippen molar-refractivity contribution in [1.29, 1.82) is 0 Å². The molecule has 0 saturated heterocycles. The molecule has 0 spiro atoms. The van der Waals surface area contributed by atoms with Crippen molar-refractivity contribution in [3.63, 3.8) is 0 Å². The lowest BCUT2D eigenvalue weighted by molar-refractivity contribution is 0.415. The van der Waals surface area contributed by atoms with Gasteiger partial charge in [-0.1, -0.05) is 29.8 Å². The Morgan fingerprint density at radius 3 is 2.28 bits per heavy atom. The van der Waals surface area contributed by atoms with E-state index < -0.39 is 0 Å². The smallest absolute Gasteiger partial charge is 0.119 e. The summed E-state index contributed by atoms with van der Waals surface area (Å²) in [6.07, 6.45) is 1.80. The lowest BCUT2D eigenvalue weighted by Gasteiger charge is -2.02. The monoisotopic (exact) mass is 240 g/mol. The molecule has 0 radical (unpaired) electrons. The van der Waals surface area contributed by atoms with Crippen LogP contribution in [0.3, 0.4) is 0 Å². The third kappa shape index (κ3) is 3.35. The Morgan fingerprint density at radius 1 is 1.00 bits per heavy atom. The number of nitrogens with zero attached hydrogens (tertiary/aromatic N) is 1. The van der Waals surface area contributed by atoms with E-state index in [4.69, 9.17) is 4.74 Å². The van der Waals surface area contributed by atoms with Crippen LogP contribution in [-0.2, 0) is 0 Å². The van der Waals surface area contributed by atoms with Gasteiger partial charge >= 0.3 is 0 Å². The van der Waals surface area contributed by atoms with Crippen molar-refractivity contribution in [3.05, 3.63) is 59.7 Å². The number of ether oxygens (including phenoxy) is 1. The van der Waals surface area contributed by atoms with Gasteiger partial charge in [0.2, 0.25) is 0 Å². The van der Waals surface area contributed by atoms with E-state index in [9.17, 15) is 0 Å². The van der Waals surface area contributed by atoms with Crippen molar-refractivity contribution in [1.82, 2.24) is 0 Å². The van der Waals surface area contributed by atoms with Gasteiger partial charge in [-0.3, -0.25) is 5.43 Å². The Balaban J connectivity index is 1.95. The zero-order chi connectivity index (χ0) is 12.8. The van der Waals surface area contributed by atoms with Gasteiger partial charge in [0.25, 0.3) is 0 Å². The first-order valence-corrected chi connectivity index (χ1v) is 5.78. The van der Waals surface area contributed by atoms with Gasteiger partial charge in [0.1, 0.15) is 5.75 Å². The fraction of sp³-hybridized carbons (Fsp3) is 0.133. The third-order valence-electron chi connectivity index (χ3n) is 2.57. The van der Waals surface area contributed by atoms with Crippen LogP contribution in [0, 0.1) is 6.92 Å². The summed E-state index contributed by atoms with van der Waals surface area (Å²) in [5, 5.41) is 4.18. The van der Waals surface area contributed by atoms with Gasteiger partial charge in [0.15, 0.2) is 0 Å². The maximum atomic E-state index is 5.09. The Bertz CT molecular complexity index is 515. The number of benzene rings is 2. The molecule has 0 aliphatic heterocycles. The first kappa shape index (κ1) is 12.2. The fourth-order valence-electron chi connectivity index (χ4n) is 1.50. The SMILES string of the molecule is COc1ccc(N/N=C/c2ccc(C)cc2)cc1. The van der Waals surface area contributed by atoms with Crippen molar-refractivity contribution in [2.45, 2.75) is 6.92 Å². The average molecular weight is 240 g/mol. The number of anilines is 1. The summed E-state index contributed by atoms with van der Waals surface area (Å²) in [6.45, 7) is 2.07. The van der Waals surface area contributed by atoms with E-state index in [-0.39, 0.29) is 0 Å². The molecule has 0 aromatic heterocycles. The van der Waals surface area contributed by atoms with Crippen molar-refractivity contribution < 1.29 is 4.74 Å². The standard InChI is InChI=1S/C15H16N2O/c1-12-3-5-13(6-4-12)11-16-17-14-7-9-15(18-2)10-8-14/h3-11,17H,1-2H3/b16-11+. The highest BCUT2D eigenvalue weighted by atomic mass is 16.5. The molecule has 2 aromatic carbocycles. The minimum Gasteiger partial charge on any atom is -0.497 e. The zero-order valence-corrected chi connectivity index (χ0v) is 10.6. The summed E-state index contributed by atoms with van der Waals surface area (Å²) in [6, 6.07) is 15.8. The Morgan fingerprint density at radius 2 is 1.67 bits per heavy atom. The summed E-state index contributed by atoms with van der Waals surface area (Å²) in [7, 11) is 1.65. The van der Waals surface area contributed by atoms with Crippen LogP contribution < -0.4 is 10.2 Å². The molecule has 0 aliphatic rings. The lowest BCUT2D eigenvalue weighted by Crippen LogP contribution is -1.91. The molecule has 0 atom stereocenters. The van der Waals surface area contributed by atoms with Gasteiger partial charge in [0.05, 0.1) is 19.0 Å². The molecule has 2 rings (SSSR count). The lowest BCUT2D eigenvalue weighted by atomic mass is 10.2. The highest BCUT2D eigenvalue weighted by molar-refractivity contribution is 5.80. The summed E-state index contributed by atoms with van der Waals surface area (Å²) in [5.74, 6) is 0.836. The second-order valence-electron chi connectivity index (χ2n) is 4.01. The summed E-state index contributed by atoms with van der Waals surface area (Å²) >= 11 is 0. The molecule has 0 unspecified atom stereocenters. The van der Waals surface area contributed by atoms with Crippen LogP contribution in [0.4, 0.5) is 5.69 Å². The van der Waals surface area contributed by atoms with Crippen LogP contribution in [0.2, 0.25) is 0 Å². The second kappa shape index (κ2) is 5.87. The molecule has 18 heavy (non-hydrogen) atoms. The Hall–Kier alpha value is -2.29. The minimum atomic E-state index is 0.836. The van der Waals surface area contributed by atoms with Gasteiger partial charge < -0.3 is 4.74 Å². The van der Waals surface area contributed by atoms with E-state index >= 15 is 0 Å². The molecule has 2 aromatic rings. The number of aryl methyl sites for hydroxylation is 1. The number of hydrogen-bond acceptors (Lipinski definition) is 3. The summed E-state index contributed by atoms with van der Waals surface area (Å²) in [4.78, 5) is 0. The quantitative estimate of drug-likeness (QED) is 0.656. The van der Waals surface area contributed by atoms with E-state index in [1.807, 2.05) is 36.4 Å². The third-order valence-corrected chi connectivity index (χ3v) is 2.57. The van der Waals surface area contributed by atoms with Crippen LogP contribution in [0.25, 0.3) is 0 Å². The fourth-order valence-corrected chi connectivity index (χ4v) is 1.50. The zero-order valence-electron chi connectivity index (χ0n) is 10.6. The van der Waals surface area contributed by atoms with Crippen molar-refractivity contribution >= 4 is 11.9 Å². The largest absolute Gasteiger partial charge is 0.497 e. The number of hydrazone groups is 1. The molecule has 0 bridgehead atoms. The van der Waals surface area contributed by atoms with E-state index in [1.54, 1.807) is 13.3 Å². The summed E-state index contributed by atoms with van der Waals surface area (Å²) < 4.78 is 5.09. The van der Waals surface area contributed by atoms with Crippen molar-refractivity contribution in [2.24, 2.45) is 5.10 Å². The first-order valence-electron chi connectivity index (χ1n) is 5.78. The van der Waals surface area contributed by atoms with Gasteiger partial charge in [-0.25, -0.2) is 0 Å². The Labute approximate surface area is 107 Å². The molecule has 1 N–H and O–H groups in total. The molecule has 0 saturated carbocycles. The molecule has 3 nitrogen and oxygen atoms in total.